The number of likely N-dealkylation sites (tertiary alicyclic amines) is 1. The number of rotatable bonds is 15. The number of amides is 4. The summed E-state index contributed by atoms with van der Waals surface area (Å²) in [4.78, 5) is 63.5. The molecule has 252 valence electrons. The molecule has 1 aromatic heterocycles. The second kappa shape index (κ2) is 17.2. The Kier molecular flexibility index (Phi) is 12.8. The van der Waals surface area contributed by atoms with Crippen molar-refractivity contribution >= 4 is 40.5 Å². The molecular weight excluding hydrogens is 596 g/mol. The zero-order valence-corrected chi connectivity index (χ0v) is 27.3. The van der Waals surface area contributed by atoms with E-state index < -0.39 is 29.9 Å². The van der Waals surface area contributed by atoms with Crippen LogP contribution < -0.4 is 27.4 Å². The van der Waals surface area contributed by atoms with Crippen LogP contribution in [0.3, 0.4) is 0 Å². The summed E-state index contributed by atoms with van der Waals surface area (Å²) < 4.78 is 0. The Morgan fingerprint density at radius 2 is 1.45 bits per heavy atom. The summed E-state index contributed by atoms with van der Waals surface area (Å²) in [6.45, 7) is 5.05. The SMILES string of the molecule is CC(C)C(=O)N[C@@H](CCCN=C(N)N)C(=O)N[C@@H](Cc1c[nH]c2ccccc12)C(=O)N[C@@H](Cc1ccccc1)C(=O)N1CCCCC1. The Bertz CT molecular complexity index is 1530. The van der Waals surface area contributed by atoms with Crippen LogP contribution >= 0.6 is 0 Å². The molecule has 0 spiro atoms. The van der Waals surface area contributed by atoms with Gasteiger partial charge in [0.25, 0.3) is 0 Å². The maximum atomic E-state index is 14.2. The number of hydrogen-bond acceptors (Lipinski definition) is 5. The van der Waals surface area contributed by atoms with Crippen molar-refractivity contribution in [1.29, 1.82) is 0 Å². The molecule has 1 fully saturated rings. The maximum Gasteiger partial charge on any atom is 0.245 e. The van der Waals surface area contributed by atoms with Crippen molar-refractivity contribution in [2.45, 2.75) is 76.9 Å². The number of hydrogen-bond donors (Lipinski definition) is 6. The number of guanidine groups is 1. The Morgan fingerprint density at radius 3 is 2.15 bits per heavy atom. The normalized spacial score (nSPS) is 15.0. The number of carbonyl (C=O) groups is 4. The number of nitrogens with zero attached hydrogens (tertiary/aromatic N) is 2. The van der Waals surface area contributed by atoms with Crippen LogP contribution in [0.5, 0.6) is 0 Å². The van der Waals surface area contributed by atoms with E-state index in [1.54, 1.807) is 13.8 Å². The van der Waals surface area contributed by atoms with E-state index in [9.17, 15) is 19.2 Å². The van der Waals surface area contributed by atoms with Crippen molar-refractivity contribution < 1.29 is 19.2 Å². The average Bonchev–Trinajstić information content (AvgIpc) is 3.48. The highest BCUT2D eigenvalue weighted by molar-refractivity contribution is 5.95. The standard InChI is InChI=1S/C35H48N8O4/c1-23(2)31(44)40-28(16-11-17-38-35(36)37)32(45)41-29(21-25-22-39-27-15-8-7-14-26(25)27)33(46)42-30(20-24-12-5-3-6-13-24)34(47)43-18-9-4-10-19-43/h3,5-8,12-15,22-23,28-30,39H,4,9-11,16-21H2,1-2H3,(H,40,44)(H,41,45)(H,42,46)(H4,36,37,38)/t28-,29-,30-/m0/s1. The highest BCUT2D eigenvalue weighted by Crippen LogP contribution is 2.20. The van der Waals surface area contributed by atoms with E-state index >= 15 is 0 Å². The Hall–Kier alpha value is -4.87. The number of aromatic nitrogens is 1. The van der Waals surface area contributed by atoms with E-state index in [4.69, 9.17) is 11.5 Å². The van der Waals surface area contributed by atoms with Crippen LogP contribution in [0.4, 0.5) is 0 Å². The summed E-state index contributed by atoms with van der Waals surface area (Å²) in [6, 6.07) is 14.5. The number of benzene rings is 2. The number of fused-ring (bicyclic) bond motifs is 1. The monoisotopic (exact) mass is 644 g/mol. The Labute approximate surface area is 276 Å². The molecule has 0 unspecified atom stereocenters. The van der Waals surface area contributed by atoms with Crippen molar-refractivity contribution in [2.75, 3.05) is 19.6 Å². The quantitative estimate of drug-likeness (QED) is 0.0835. The molecule has 3 aromatic rings. The Morgan fingerprint density at radius 1 is 0.809 bits per heavy atom. The maximum absolute atomic E-state index is 14.2. The number of piperidine rings is 1. The molecule has 1 saturated heterocycles. The molecule has 1 aliphatic rings. The molecule has 4 amide bonds. The van der Waals surface area contributed by atoms with Crippen LogP contribution in [-0.4, -0.2) is 77.2 Å². The van der Waals surface area contributed by atoms with E-state index in [0.717, 1.165) is 41.3 Å². The molecule has 0 saturated carbocycles. The lowest BCUT2D eigenvalue weighted by Gasteiger charge is -2.32. The van der Waals surface area contributed by atoms with Crippen LogP contribution in [-0.2, 0) is 32.0 Å². The van der Waals surface area contributed by atoms with Crippen molar-refractivity contribution in [3.05, 3.63) is 71.9 Å². The largest absolute Gasteiger partial charge is 0.370 e. The molecule has 2 heterocycles. The van der Waals surface area contributed by atoms with Crippen LogP contribution in [0.2, 0.25) is 0 Å². The summed E-state index contributed by atoms with van der Waals surface area (Å²) in [5.41, 5.74) is 13.6. The molecule has 2 aromatic carbocycles. The molecule has 3 atom stereocenters. The number of nitrogens with one attached hydrogen (secondary N) is 4. The van der Waals surface area contributed by atoms with Crippen LogP contribution in [0, 0.1) is 5.92 Å². The minimum absolute atomic E-state index is 0.0585. The smallest absolute Gasteiger partial charge is 0.245 e. The third-order valence-corrected chi connectivity index (χ3v) is 8.40. The molecule has 4 rings (SSSR count). The lowest BCUT2D eigenvalue weighted by molar-refractivity contribution is -0.138. The molecular formula is C35H48N8O4. The first-order chi connectivity index (χ1) is 22.6. The third-order valence-electron chi connectivity index (χ3n) is 8.40. The zero-order valence-electron chi connectivity index (χ0n) is 27.3. The fourth-order valence-corrected chi connectivity index (χ4v) is 5.77. The number of H-pyrrole nitrogens is 1. The lowest BCUT2D eigenvalue weighted by Crippen LogP contribution is -2.58. The molecule has 0 aliphatic carbocycles. The van der Waals surface area contributed by atoms with Crippen LogP contribution in [0.1, 0.15) is 57.1 Å². The molecule has 1 aliphatic heterocycles. The minimum Gasteiger partial charge on any atom is -0.370 e. The van der Waals surface area contributed by atoms with Gasteiger partial charge in [-0.25, -0.2) is 0 Å². The van der Waals surface area contributed by atoms with Crippen molar-refractivity contribution in [1.82, 2.24) is 25.8 Å². The van der Waals surface area contributed by atoms with E-state index in [2.05, 4.69) is 25.9 Å². The van der Waals surface area contributed by atoms with Gasteiger partial charge in [-0.3, -0.25) is 24.2 Å². The van der Waals surface area contributed by atoms with Crippen LogP contribution in [0.25, 0.3) is 10.9 Å². The first-order valence-electron chi connectivity index (χ1n) is 16.5. The van der Waals surface area contributed by atoms with Gasteiger partial charge in [0.2, 0.25) is 23.6 Å². The summed E-state index contributed by atoms with van der Waals surface area (Å²) in [6.07, 6.45) is 5.89. The van der Waals surface area contributed by atoms with Crippen molar-refractivity contribution in [3.63, 3.8) is 0 Å². The topological polar surface area (TPSA) is 188 Å². The first kappa shape index (κ1) is 35.0. The van der Waals surface area contributed by atoms with Gasteiger partial charge in [-0.2, -0.15) is 0 Å². The summed E-state index contributed by atoms with van der Waals surface area (Å²) in [5.74, 6) is -1.83. The van der Waals surface area contributed by atoms with Gasteiger partial charge in [0, 0.05) is 55.5 Å². The van der Waals surface area contributed by atoms with E-state index in [1.165, 1.54) is 0 Å². The minimum atomic E-state index is -1.04. The van der Waals surface area contributed by atoms with Gasteiger partial charge in [-0.05, 0) is 49.3 Å². The number of aromatic amines is 1. The van der Waals surface area contributed by atoms with Gasteiger partial charge in [-0.1, -0.05) is 62.4 Å². The lowest BCUT2D eigenvalue weighted by atomic mass is 10.0. The van der Waals surface area contributed by atoms with Gasteiger partial charge in [0.1, 0.15) is 18.1 Å². The molecule has 0 bridgehead atoms. The highest BCUT2D eigenvalue weighted by atomic mass is 16.2. The molecule has 8 N–H and O–H groups in total. The number of nitrogens with two attached hydrogens (primary N) is 2. The van der Waals surface area contributed by atoms with Crippen LogP contribution in [0.15, 0.2) is 65.8 Å². The Balaban J connectivity index is 1.60. The number of para-hydroxylation sites is 1. The van der Waals surface area contributed by atoms with Gasteiger partial charge in [0.15, 0.2) is 5.96 Å². The van der Waals surface area contributed by atoms with E-state index in [1.807, 2.05) is 65.7 Å². The summed E-state index contributed by atoms with van der Waals surface area (Å²) >= 11 is 0. The summed E-state index contributed by atoms with van der Waals surface area (Å²) in [7, 11) is 0. The fraction of sp³-hybridized carbons (Fsp3) is 0.457. The number of aliphatic imine (C=N–C) groups is 1. The summed E-state index contributed by atoms with van der Waals surface area (Å²) in [5, 5.41) is 9.65. The molecule has 47 heavy (non-hydrogen) atoms. The highest BCUT2D eigenvalue weighted by Gasteiger charge is 2.32. The average molecular weight is 645 g/mol. The van der Waals surface area contributed by atoms with Gasteiger partial charge < -0.3 is 37.3 Å². The van der Waals surface area contributed by atoms with Gasteiger partial charge in [-0.15, -0.1) is 0 Å². The van der Waals surface area contributed by atoms with Gasteiger partial charge >= 0.3 is 0 Å². The fourth-order valence-electron chi connectivity index (χ4n) is 5.77. The van der Waals surface area contributed by atoms with Crippen molar-refractivity contribution in [2.24, 2.45) is 22.4 Å². The second-order valence-electron chi connectivity index (χ2n) is 12.4. The second-order valence-corrected chi connectivity index (χ2v) is 12.4. The van der Waals surface area contributed by atoms with E-state index in [0.29, 0.717) is 25.9 Å². The van der Waals surface area contributed by atoms with E-state index in [-0.39, 0.29) is 43.1 Å². The molecule has 0 radical (unpaired) electrons. The predicted octanol–water partition coefficient (Wildman–Crippen LogP) is 2.13. The predicted molar refractivity (Wildman–Crippen MR) is 183 cm³/mol. The van der Waals surface area contributed by atoms with Crippen molar-refractivity contribution in [3.8, 4) is 0 Å². The third kappa shape index (κ3) is 10.3. The molecule has 12 heteroatoms. The first-order valence-corrected chi connectivity index (χ1v) is 16.5. The zero-order chi connectivity index (χ0) is 33.8. The van der Waals surface area contributed by atoms with Gasteiger partial charge in [0.05, 0.1) is 0 Å². The number of carbonyl (C=O) groups excluding carboxylic acids is 4. The molecule has 12 nitrogen and oxygen atoms in total.